The summed E-state index contributed by atoms with van der Waals surface area (Å²) in [7, 11) is 2.01. The molecular weight excluding hydrogens is 314 g/mol. The van der Waals surface area contributed by atoms with Crippen LogP contribution in [0.2, 0.25) is 0 Å². The van der Waals surface area contributed by atoms with Crippen molar-refractivity contribution in [3.8, 4) is 0 Å². The van der Waals surface area contributed by atoms with Crippen LogP contribution in [0.15, 0.2) is 0 Å². The average Bonchev–Trinajstić information content (AvgIpc) is 2.83. The van der Waals surface area contributed by atoms with Gasteiger partial charge in [-0.05, 0) is 93.4 Å². The summed E-state index contributed by atoms with van der Waals surface area (Å²) in [4.78, 5) is 11.3. The number of esters is 1. The first kappa shape index (κ1) is 17.8. The van der Waals surface area contributed by atoms with E-state index >= 15 is 0 Å². The van der Waals surface area contributed by atoms with Gasteiger partial charge in [-0.3, -0.25) is 4.79 Å². The van der Waals surface area contributed by atoms with E-state index in [1.54, 1.807) is 0 Å². The van der Waals surface area contributed by atoms with E-state index in [0.717, 1.165) is 42.9 Å². The quantitative estimate of drug-likeness (QED) is 0.752. The minimum absolute atomic E-state index is 0.122. The van der Waals surface area contributed by atoms with Gasteiger partial charge in [0, 0.05) is 13.0 Å². The van der Waals surface area contributed by atoms with Crippen LogP contribution in [0.1, 0.15) is 65.2 Å². The molecule has 0 spiro atoms. The Bertz CT molecular complexity index is 523. The third kappa shape index (κ3) is 2.84. The summed E-state index contributed by atoms with van der Waals surface area (Å²) >= 11 is 0. The number of aliphatic hydroxyl groups is 1. The number of fused-ring (bicyclic) bond motifs is 5. The van der Waals surface area contributed by atoms with Crippen LogP contribution in [0.3, 0.4) is 0 Å². The van der Waals surface area contributed by atoms with E-state index in [0.29, 0.717) is 5.92 Å². The predicted octanol–water partition coefficient (Wildman–Crippen LogP) is 3.13. The highest BCUT2D eigenvalue weighted by Crippen LogP contribution is 2.62. The Balaban J connectivity index is 1.49. The SMILES string of the molecule is CN[C@H]1[C@H](O)C[C@H]2[C@@H]3CC[C@H]4C[C@@H](OC(C)=O)CC[C@@H]4[C@H]3CC[C@@]21C. The number of carbonyl (C=O) groups is 1. The van der Waals surface area contributed by atoms with Gasteiger partial charge in [-0.25, -0.2) is 0 Å². The molecule has 4 aliphatic carbocycles. The highest BCUT2D eigenvalue weighted by Gasteiger charge is 2.59. The Morgan fingerprint density at radius 3 is 2.56 bits per heavy atom. The zero-order valence-electron chi connectivity index (χ0n) is 16.0. The molecule has 4 nitrogen and oxygen atoms in total. The van der Waals surface area contributed by atoms with E-state index in [-0.39, 0.29) is 29.6 Å². The molecule has 4 rings (SSSR count). The van der Waals surface area contributed by atoms with E-state index in [1.807, 2.05) is 7.05 Å². The van der Waals surface area contributed by atoms with Gasteiger partial charge in [0.15, 0.2) is 0 Å². The molecule has 0 saturated heterocycles. The number of hydrogen-bond acceptors (Lipinski definition) is 4. The fourth-order valence-electron chi connectivity index (χ4n) is 7.69. The molecule has 4 saturated carbocycles. The monoisotopic (exact) mass is 349 g/mol. The van der Waals surface area contributed by atoms with Crippen molar-refractivity contribution in [1.82, 2.24) is 5.32 Å². The van der Waals surface area contributed by atoms with Crippen LogP contribution < -0.4 is 5.32 Å². The Labute approximate surface area is 152 Å². The lowest BCUT2D eigenvalue weighted by atomic mass is 9.50. The summed E-state index contributed by atoms with van der Waals surface area (Å²) in [5, 5.41) is 14.0. The van der Waals surface area contributed by atoms with Crippen LogP contribution in [0.25, 0.3) is 0 Å². The molecular formula is C21H35NO3. The molecule has 4 heteroatoms. The number of carbonyl (C=O) groups excluding carboxylic acids is 1. The van der Waals surface area contributed by atoms with Crippen molar-refractivity contribution in [2.24, 2.45) is 35.0 Å². The second-order valence-electron chi connectivity index (χ2n) is 9.59. The molecule has 0 radical (unpaired) electrons. The molecule has 0 aromatic carbocycles. The van der Waals surface area contributed by atoms with Gasteiger partial charge in [0.1, 0.15) is 6.10 Å². The molecule has 142 valence electrons. The minimum atomic E-state index is -0.184. The molecule has 0 unspecified atom stereocenters. The number of aliphatic hydroxyl groups excluding tert-OH is 1. The smallest absolute Gasteiger partial charge is 0.302 e. The molecule has 2 N–H and O–H groups in total. The van der Waals surface area contributed by atoms with Crippen molar-refractivity contribution in [2.75, 3.05) is 7.05 Å². The second kappa shape index (κ2) is 6.53. The van der Waals surface area contributed by atoms with Gasteiger partial charge in [0.25, 0.3) is 0 Å². The van der Waals surface area contributed by atoms with Crippen LogP contribution in [0.5, 0.6) is 0 Å². The lowest BCUT2D eigenvalue weighted by molar-refractivity contribution is -0.151. The van der Waals surface area contributed by atoms with Gasteiger partial charge in [-0.15, -0.1) is 0 Å². The van der Waals surface area contributed by atoms with Gasteiger partial charge in [0.2, 0.25) is 0 Å². The third-order valence-electron chi connectivity index (χ3n) is 8.58. The zero-order chi connectivity index (χ0) is 17.8. The lowest BCUT2D eigenvalue weighted by Gasteiger charge is -2.56. The van der Waals surface area contributed by atoms with Crippen LogP contribution in [-0.4, -0.2) is 36.4 Å². The first-order valence-corrected chi connectivity index (χ1v) is 10.5. The van der Waals surface area contributed by atoms with Crippen LogP contribution in [-0.2, 0) is 9.53 Å². The summed E-state index contributed by atoms with van der Waals surface area (Å²) in [6.45, 7) is 3.96. The van der Waals surface area contributed by atoms with E-state index in [4.69, 9.17) is 4.74 Å². The van der Waals surface area contributed by atoms with Crippen molar-refractivity contribution in [2.45, 2.75) is 83.5 Å². The van der Waals surface area contributed by atoms with Crippen LogP contribution >= 0.6 is 0 Å². The Morgan fingerprint density at radius 2 is 1.84 bits per heavy atom. The summed E-state index contributed by atoms with van der Waals surface area (Å²) < 4.78 is 5.52. The highest BCUT2D eigenvalue weighted by molar-refractivity contribution is 5.66. The third-order valence-corrected chi connectivity index (χ3v) is 8.58. The first-order chi connectivity index (χ1) is 11.9. The van der Waals surface area contributed by atoms with Crippen molar-refractivity contribution < 1.29 is 14.6 Å². The van der Waals surface area contributed by atoms with Crippen molar-refractivity contribution in [3.05, 3.63) is 0 Å². The molecule has 0 aromatic rings. The molecule has 0 amide bonds. The molecule has 0 heterocycles. The lowest BCUT2D eigenvalue weighted by Crippen LogP contribution is -2.53. The maximum absolute atomic E-state index is 11.3. The molecule has 9 atom stereocenters. The fraction of sp³-hybridized carbons (Fsp3) is 0.952. The normalized spacial score (nSPS) is 52.0. The van der Waals surface area contributed by atoms with E-state index < -0.39 is 0 Å². The Hall–Kier alpha value is -0.610. The molecule has 4 fully saturated rings. The van der Waals surface area contributed by atoms with Crippen LogP contribution in [0, 0.1) is 35.0 Å². The van der Waals surface area contributed by atoms with Gasteiger partial charge in [-0.1, -0.05) is 6.92 Å². The first-order valence-electron chi connectivity index (χ1n) is 10.5. The Morgan fingerprint density at radius 1 is 1.08 bits per heavy atom. The van der Waals surface area contributed by atoms with Crippen molar-refractivity contribution in [3.63, 3.8) is 0 Å². The largest absolute Gasteiger partial charge is 0.463 e. The molecule has 0 aliphatic heterocycles. The summed E-state index contributed by atoms with van der Waals surface area (Å²) in [5.74, 6) is 3.74. The molecule has 0 aromatic heterocycles. The van der Waals surface area contributed by atoms with Crippen LogP contribution in [0.4, 0.5) is 0 Å². The van der Waals surface area contributed by atoms with Crippen molar-refractivity contribution >= 4 is 5.97 Å². The number of rotatable bonds is 2. The average molecular weight is 350 g/mol. The number of hydrogen-bond donors (Lipinski definition) is 2. The number of nitrogens with one attached hydrogen (secondary N) is 1. The fourth-order valence-corrected chi connectivity index (χ4v) is 7.69. The van der Waals surface area contributed by atoms with Gasteiger partial charge >= 0.3 is 5.97 Å². The van der Waals surface area contributed by atoms with Gasteiger partial charge in [-0.2, -0.15) is 0 Å². The summed E-state index contributed by atoms with van der Waals surface area (Å²) in [6.07, 6.45) is 9.48. The Kier molecular flexibility index (Phi) is 4.64. The zero-order valence-corrected chi connectivity index (χ0v) is 16.0. The number of likely N-dealkylation sites (N-methyl/N-ethyl adjacent to an activating group) is 1. The van der Waals surface area contributed by atoms with E-state index in [9.17, 15) is 9.90 Å². The van der Waals surface area contributed by atoms with Gasteiger partial charge < -0.3 is 15.2 Å². The summed E-state index contributed by atoms with van der Waals surface area (Å²) in [6, 6.07) is 0.260. The topological polar surface area (TPSA) is 58.6 Å². The molecule has 4 aliphatic rings. The van der Waals surface area contributed by atoms with Crippen molar-refractivity contribution in [1.29, 1.82) is 0 Å². The number of ether oxygens (including phenoxy) is 1. The van der Waals surface area contributed by atoms with E-state index in [2.05, 4.69) is 12.2 Å². The maximum Gasteiger partial charge on any atom is 0.302 e. The van der Waals surface area contributed by atoms with E-state index in [1.165, 1.54) is 39.0 Å². The molecule has 25 heavy (non-hydrogen) atoms. The standard InChI is InChI=1S/C21H35NO3/c1-12(23)25-14-5-7-15-13(10-14)4-6-17-16(15)8-9-21(2)18(17)11-19(24)20(21)22-3/h13-20,22,24H,4-11H2,1-3H3/t13-,14-,15-,16+,17+,18-,19+,20-,21-/m0/s1. The van der Waals surface area contributed by atoms with Gasteiger partial charge in [0.05, 0.1) is 6.10 Å². The highest BCUT2D eigenvalue weighted by atomic mass is 16.5. The predicted molar refractivity (Wildman–Crippen MR) is 96.9 cm³/mol. The summed E-state index contributed by atoms with van der Waals surface area (Å²) in [5.41, 5.74) is 0.261. The minimum Gasteiger partial charge on any atom is -0.463 e. The molecule has 0 bridgehead atoms. The second-order valence-corrected chi connectivity index (χ2v) is 9.59. The maximum atomic E-state index is 11.3.